The standard InChI is InChI=1S/C18H25N3/c1-13-9-14(2)16(15(3)10-13)11-20-17-5-4-6-18(17)21-8-7-19-12-21/h7-10,12,17-18,20H,4-6,11H2,1-3H3. The summed E-state index contributed by atoms with van der Waals surface area (Å²) in [5, 5.41) is 3.79. The Morgan fingerprint density at radius 3 is 2.62 bits per heavy atom. The van der Waals surface area contributed by atoms with E-state index >= 15 is 0 Å². The molecule has 2 aromatic rings. The Balaban J connectivity index is 1.70. The van der Waals surface area contributed by atoms with Gasteiger partial charge in [0.25, 0.3) is 0 Å². The second-order valence-electron chi connectivity index (χ2n) is 6.37. The second kappa shape index (κ2) is 6.02. The lowest BCUT2D eigenvalue weighted by molar-refractivity contribution is 0.390. The zero-order chi connectivity index (χ0) is 14.8. The van der Waals surface area contributed by atoms with Gasteiger partial charge >= 0.3 is 0 Å². The number of aromatic nitrogens is 2. The quantitative estimate of drug-likeness (QED) is 0.927. The smallest absolute Gasteiger partial charge is 0.0949 e. The number of nitrogens with one attached hydrogen (secondary N) is 1. The van der Waals surface area contributed by atoms with Gasteiger partial charge in [0, 0.05) is 31.0 Å². The summed E-state index contributed by atoms with van der Waals surface area (Å²) in [6, 6.07) is 5.68. The highest BCUT2D eigenvalue weighted by Gasteiger charge is 2.27. The van der Waals surface area contributed by atoms with Crippen LogP contribution in [0, 0.1) is 20.8 Å². The van der Waals surface area contributed by atoms with Gasteiger partial charge in [0.15, 0.2) is 0 Å². The fraction of sp³-hybridized carbons (Fsp3) is 0.500. The first-order chi connectivity index (χ1) is 10.1. The highest BCUT2D eigenvalue weighted by Crippen LogP contribution is 2.30. The average molecular weight is 283 g/mol. The van der Waals surface area contributed by atoms with Gasteiger partial charge in [-0.1, -0.05) is 17.7 Å². The lowest BCUT2D eigenvalue weighted by Gasteiger charge is -2.23. The van der Waals surface area contributed by atoms with E-state index in [1.165, 1.54) is 41.5 Å². The van der Waals surface area contributed by atoms with Crippen molar-refractivity contribution in [1.29, 1.82) is 0 Å². The van der Waals surface area contributed by atoms with E-state index in [0.29, 0.717) is 12.1 Å². The predicted molar refractivity (Wildman–Crippen MR) is 86.4 cm³/mol. The van der Waals surface area contributed by atoms with E-state index in [9.17, 15) is 0 Å². The first-order valence-electron chi connectivity index (χ1n) is 7.92. The molecule has 1 aromatic carbocycles. The largest absolute Gasteiger partial charge is 0.333 e. The normalized spacial score (nSPS) is 21.9. The molecule has 0 bridgehead atoms. The molecule has 2 atom stereocenters. The van der Waals surface area contributed by atoms with Crippen LogP contribution >= 0.6 is 0 Å². The van der Waals surface area contributed by atoms with Gasteiger partial charge in [-0.2, -0.15) is 0 Å². The Morgan fingerprint density at radius 2 is 1.95 bits per heavy atom. The molecule has 1 aliphatic carbocycles. The van der Waals surface area contributed by atoms with E-state index in [1.54, 1.807) is 0 Å². The van der Waals surface area contributed by atoms with Crippen LogP contribution in [-0.4, -0.2) is 15.6 Å². The molecular formula is C18H25N3. The molecule has 3 heteroatoms. The van der Waals surface area contributed by atoms with Gasteiger partial charge in [-0.05, 0) is 56.7 Å². The number of rotatable bonds is 4. The summed E-state index contributed by atoms with van der Waals surface area (Å²) in [6.07, 6.45) is 9.73. The summed E-state index contributed by atoms with van der Waals surface area (Å²) >= 11 is 0. The van der Waals surface area contributed by atoms with E-state index in [1.807, 2.05) is 12.5 Å². The molecule has 3 rings (SSSR count). The minimum Gasteiger partial charge on any atom is -0.333 e. The van der Waals surface area contributed by atoms with Crippen LogP contribution in [0.1, 0.15) is 47.6 Å². The molecule has 1 fully saturated rings. The predicted octanol–water partition coefficient (Wildman–Crippen LogP) is 3.69. The minimum atomic E-state index is 0.554. The van der Waals surface area contributed by atoms with E-state index < -0.39 is 0 Å². The van der Waals surface area contributed by atoms with Crippen LogP contribution in [0.25, 0.3) is 0 Å². The number of aryl methyl sites for hydroxylation is 3. The highest BCUT2D eigenvalue weighted by atomic mass is 15.1. The zero-order valence-electron chi connectivity index (χ0n) is 13.3. The maximum atomic E-state index is 4.19. The summed E-state index contributed by atoms with van der Waals surface area (Å²) in [4.78, 5) is 4.19. The first-order valence-corrected chi connectivity index (χ1v) is 7.92. The average Bonchev–Trinajstić information content (AvgIpc) is 3.07. The Bertz CT molecular complexity index is 578. The van der Waals surface area contributed by atoms with Crippen molar-refractivity contribution < 1.29 is 0 Å². The van der Waals surface area contributed by atoms with Crippen molar-refractivity contribution in [3.8, 4) is 0 Å². The lowest BCUT2D eigenvalue weighted by atomic mass is 9.99. The van der Waals surface area contributed by atoms with Crippen molar-refractivity contribution in [3.63, 3.8) is 0 Å². The number of imidazole rings is 1. The molecule has 0 amide bonds. The fourth-order valence-corrected chi connectivity index (χ4v) is 3.72. The summed E-state index contributed by atoms with van der Waals surface area (Å²) < 4.78 is 2.26. The van der Waals surface area contributed by atoms with Gasteiger partial charge in [0.1, 0.15) is 0 Å². The maximum absolute atomic E-state index is 4.19. The van der Waals surface area contributed by atoms with Crippen LogP contribution in [0.2, 0.25) is 0 Å². The molecule has 0 spiro atoms. The van der Waals surface area contributed by atoms with Crippen LogP contribution in [0.5, 0.6) is 0 Å². The number of hydrogen-bond donors (Lipinski definition) is 1. The molecule has 1 N–H and O–H groups in total. The third kappa shape index (κ3) is 3.03. The van der Waals surface area contributed by atoms with Gasteiger partial charge in [0.2, 0.25) is 0 Å². The van der Waals surface area contributed by atoms with Crippen molar-refractivity contribution in [2.75, 3.05) is 0 Å². The number of benzene rings is 1. The van der Waals surface area contributed by atoms with Crippen molar-refractivity contribution in [1.82, 2.24) is 14.9 Å². The molecule has 0 saturated heterocycles. The SMILES string of the molecule is Cc1cc(C)c(CNC2CCCC2n2ccnc2)c(C)c1. The van der Waals surface area contributed by atoms with Crippen LogP contribution in [0.4, 0.5) is 0 Å². The molecule has 0 radical (unpaired) electrons. The summed E-state index contributed by atoms with van der Waals surface area (Å²) in [6.45, 7) is 7.58. The van der Waals surface area contributed by atoms with Crippen LogP contribution in [0.15, 0.2) is 30.9 Å². The van der Waals surface area contributed by atoms with Crippen molar-refractivity contribution >= 4 is 0 Å². The van der Waals surface area contributed by atoms with Gasteiger partial charge in [0.05, 0.1) is 6.33 Å². The van der Waals surface area contributed by atoms with Crippen LogP contribution in [-0.2, 0) is 6.54 Å². The summed E-state index contributed by atoms with van der Waals surface area (Å²) in [5.74, 6) is 0. The molecule has 1 heterocycles. The molecule has 21 heavy (non-hydrogen) atoms. The first kappa shape index (κ1) is 14.3. The number of nitrogens with zero attached hydrogens (tertiary/aromatic N) is 2. The summed E-state index contributed by atoms with van der Waals surface area (Å²) in [5.41, 5.74) is 5.61. The molecule has 1 aromatic heterocycles. The van der Waals surface area contributed by atoms with Crippen LogP contribution in [0.3, 0.4) is 0 Å². The van der Waals surface area contributed by atoms with Gasteiger partial charge in [-0.15, -0.1) is 0 Å². The summed E-state index contributed by atoms with van der Waals surface area (Å²) in [7, 11) is 0. The third-order valence-corrected chi connectivity index (χ3v) is 4.77. The Kier molecular flexibility index (Phi) is 4.11. The molecule has 0 aliphatic heterocycles. The van der Waals surface area contributed by atoms with Crippen LogP contribution < -0.4 is 5.32 Å². The molecule has 1 saturated carbocycles. The molecule has 2 unspecified atom stereocenters. The number of hydrogen-bond acceptors (Lipinski definition) is 2. The Labute approximate surface area is 127 Å². The van der Waals surface area contributed by atoms with Crippen molar-refractivity contribution in [3.05, 3.63) is 53.1 Å². The van der Waals surface area contributed by atoms with Crippen molar-refractivity contribution in [2.24, 2.45) is 0 Å². The molecular weight excluding hydrogens is 258 g/mol. The third-order valence-electron chi connectivity index (χ3n) is 4.77. The van der Waals surface area contributed by atoms with Crippen molar-refractivity contribution in [2.45, 2.75) is 58.7 Å². The lowest BCUT2D eigenvalue weighted by Crippen LogP contribution is -2.33. The van der Waals surface area contributed by atoms with E-state index in [4.69, 9.17) is 0 Å². The minimum absolute atomic E-state index is 0.554. The molecule has 112 valence electrons. The maximum Gasteiger partial charge on any atom is 0.0949 e. The second-order valence-corrected chi connectivity index (χ2v) is 6.37. The Hall–Kier alpha value is -1.61. The zero-order valence-corrected chi connectivity index (χ0v) is 13.3. The van der Waals surface area contributed by atoms with Gasteiger partial charge < -0.3 is 9.88 Å². The topological polar surface area (TPSA) is 29.9 Å². The molecule has 1 aliphatic rings. The van der Waals surface area contributed by atoms with E-state index in [2.05, 4.69) is 54.0 Å². The fourth-order valence-electron chi connectivity index (χ4n) is 3.72. The Morgan fingerprint density at radius 1 is 1.19 bits per heavy atom. The van der Waals surface area contributed by atoms with E-state index in [0.717, 1.165) is 6.54 Å². The van der Waals surface area contributed by atoms with Gasteiger partial charge in [-0.25, -0.2) is 4.98 Å². The van der Waals surface area contributed by atoms with E-state index in [-0.39, 0.29) is 0 Å². The monoisotopic (exact) mass is 283 g/mol. The highest BCUT2D eigenvalue weighted by molar-refractivity contribution is 5.37. The molecule has 3 nitrogen and oxygen atoms in total. The van der Waals surface area contributed by atoms with Gasteiger partial charge in [-0.3, -0.25) is 0 Å².